The molecular weight excluding hydrogens is 400 g/mol. The summed E-state index contributed by atoms with van der Waals surface area (Å²) < 4.78 is 50.0. The first-order chi connectivity index (χ1) is 14.0. The molecule has 0 amide bonds. The Morgan fingerprint density at radius 3 is 1.83 bits per heavy atom. The summed E-state index contributed by atoms with van der Waals surface area (Å²) in [5.41, 5.74) is 0. The van der Waals surface area contributed by atoms with E-state index >= 15 is 0 Å². The number of carbonyl (C=O) groups excluding carboxylic acids is 1. The van der Waals surface area contributed by atoms with Crippen molar-refractivity contribution < 1.29 is 37.2 Å². The van der Waals surface area contributed by atoms with Crippen LogP contribution in [0.15, 0.2) is 0 Å². The van der Waals surface area contributed by atoms with E-state index in [1.807, 2.05) is 0 Å². The van der Waals surface area contributed by atoms with Gasteiger partial charge in [0.2, 0.25) is 0 Å². The van der Waals surface area contributed by atoms with E-state index < -0.39 is 47.6 Å². The van der Waals surface area contributed by atoms with Crippen LogP contribution in [-0.4, -0.2) is 77.9 Å². The average molecular weight is 439 g/mol. The molecule has 172 valence electrons. The van der Waals surface area contributed by atoms with Gasteiger partial charge in [-0.25, -0.2) is 9.00 Å². The summed E-state index contributed by atoms with van der Waals surface area (Å²) >= 11 is -2.12. The van der Waals surface area contributed by atoms with Gasteiger partial charge in [0.05, 0.1) is 12.9 Å². The number of hydrogen-bond acceptors (Lipinski definition) is 7. The molecule has 0 aromatic carbocycles. The molecule has 0 bridgehead atoms. The molecule has 0 spiro atoms. The van der Waals surface area contributed by atoms with Gasteiger partial charge < -0.3 is 28.2 Å². The predicted octanol–water partition coefficient (Wildman–Crippen LogP) is 2.70. The van der Waals surface area contributed by atoms with Gasteiger partial charge in [0.25, 0.3) is 0 Å². The summed E-state index contributed by atoms with van der Waals surface area (Å²) in [5.74, 6) is -0.768. The highest BCUT2D eigenvalue weighted by Crippen LogP contribution is 2.30. The molecule has 0 aliphatic carbocycles. The van der Waals surface area contributed by atoms with Crippen molar-refractivity contribution in [2.24, 2.45) is 0 Å². The summed E-state index contributed by atoms with van der Waals surface area (Å²) in [6.45, 7) is 7.57. The molecule has 1 N–H and O–H groups in total. The van der Waals surface area contributed by atoms with Crippen molar-refractivity contribution in [3.63, 3.8) is 0 Å². The second kappa shape index (κ2) is 15.3. The number of esters is 1. The molecule has 1 aliphatic heterocycles. The lowest BCUT2D eigenvalue weighted by Crippen LogP contribution is -2.63. The zero-order valence-corrected chi connectivity index (χ0v) is 19.0. The van der Waals surface area contributed by atoms with Gasteiger partial charge in [-0.15, -0.1) is 0 Å². The van der Waals surface area contributed by atoms with Gasteiger partial charge in [-0.2, -0.15) is 0 Å². The maximum Gasteiger partial charge on any atom is 0.337 e. The van der Waals surface area contributed by atoms with Gasteiger partial charge in [0, 0.05) is 19.8 Å². The minimum atomic E-state index is -2.12. The lowest BCUT2D eigenvalue weighted by Gasteiger charge is -2.45. The fourth-order valence-electron chi connectivity index (χ4n) is 3.16. The monoisotopic (exact) mass is 438 g/mol. The standard InChI is InChI=1S/C20H38O8S/c1-5-8-11-25-16-15(14-29(22)23)28-19(20(21)24-4)18(27-13-10-7-3)17(16)26-12-9-6-2/h15-19H,5-14H2,1-4H3,(H,22,23)/t15-,16+,17?,18-,19?/m0/s1. The van der Waals surface area contributed by atoms with Crippen LogP contribution in [0.3, 0.4) is 0 Å². The zero-order chi connectivity index (χ0) is 21.6. The van der Waals surface area contributed by atoms with Crippen molar-refractivity contribution in [2.75, 3.05) is 32.7 Å². The van der Waals surface area contributed by atoms with E-state index in [1.165, 1.54) is 7.11 Å². The molecule has 0 aromatic heterocycles. The number of ether oxygens (including phenoxy) is 5. The fourth-order valence-corrected chi connectivity index (χ4v) is 3.71. The summed E-state index contributed by atoms with van der Waals surface area (Å²) in [7, 11) is 1.28. The van der Waals surface area contributed by atoms with Crippen LogP contribution in [0.1, 0.15) is 59.3 Å². The summed E-state index contributed by atoms with van der Waals surface area (Å²) in [4.78, 5) is 12.4. The molecule has 0 aromatic rings. The third-order valence-electron chi connectivity index (χ3n) is 4.80. The van der Waals surface area contributed by atoms with E-state index in [-0.39, 0.29) is 5.75 Å². The van der Waals surface area contributed by atoms with E-state index in [2.05, 4.69) is 20.8 Å². The van der Waals surface area contributed by atoms with Gasteiger partial charge >= 0.3 is 5.97 Å². The quantitative estimate of drug-likeness (QED) is 0.237. The van der Waals surface area contributed by atoms with Gasteiger partial charge in [0.1, 0.15) is 24.4 Å². The molecule has 0 radical (unpaired) electrons. The van der Waals surface area contributed by atoms with E-state index in [4.69, 9.17) is 23.7 Å². The van der Waals surface area contributed by atoms with Crippen LogP contribution in [0.5, 0.6) is 0 Å². The second-order valence-electron chi connectivity index (χ2n) is 7.17. The smallest absolute Gasteiger partial charge is 0.337 e. The summed E-state index contributed by atoms with van der Waals surface area (Å²) in [5, 5.41) is 0. The first kappa shape index (κ1) is 26.5. The third-order valence-corrected chi connectivity index (χ3v) is 5.41. The predicted molar refractivity (Wildman–Crippen MR) is 110 cm³/mol. The van der Waals surface area contributed by atoms with E-state index in [9.17, 15) is 13.6 Å². The van der Waals surface area contributed by atoms with Gasteiger partial charge in [-0.3, -0.25) is 0 Å². The molecule has 3 unspecified atom stereocenters. The molecular formula is C20H38O8S. The Hall–Kier alpha value is -0.580. The fraction of sp³-hybridized carbons (Fsp3) is 0.950. The maximum absolute atomic E-state index is 12.4. The molecule has 1 heterocycles. The molecule has 1 rings (SSSR count). The van der Waals surface area contributed by atoms with Crippen LogP contribution in [0, 0.1) is 0 Å². The molecule has 1 saturated heterocycles. The first-order valence-corrected chi connectivity index (χ1v) is 11.9. The Morgan fingerprint density at radius 2 is 1.38 bits per heavy atom. The summed E-state index contributed by atoms with van der Waals surface area (Å²) in [6, 6.07) is 0. The largest absolute Gasteiger partial charge is 0.467 e. The maximum atomic E-state index is 12.4. The first-order valence-electron chi connectivity index (χ1n) is 10.7. The molecule has 0 saturated carbocycles. The highest BCUT2D eigenvalue weighted by atomic mass is 32.2. The average Bonchev–Trinajstić information content (AvgIpc) is 2.70. The van der Waals surface area contributed by atoms with Crippen molar-refractivity contribution in [1.82, 2.24) is 0 Å². The SMILES string of the molecule is CCCCOC1[C@H](OCCCC)C(C(=O)OC)O[C@@H](CS(=O)O)[C@H]1OCCCC. The molecule has 1 aliphatic rings. The highest BCUT2D eigenvalue weighted by Gasteiger charge is 2.51. The molecule has 29 heavy (non-hydrogen) atoms. The van der Waals surface area contributed by atoms with Crippen LogP contribution in [0.25, 0.3) is 0 Å². The van der Waals surface area contributed by atoms with Gasteiger partial charge in [-0.05, 0) is 19.3 Å². The Balaban J connectivity index is 3.16. The number of carbonyl (C=O) groups is 1. The molecule has 6 atom stereocenters. The molecule has 8 nitrogen and oxygen atoms in total. The van der Waals surface area contributed by atoms with Crippen molar-refractivity contribution in [2.45, 2.75) is 89.8 Å². The second-order valence-corrected chi connectivity index (χ2v) is 8.15. The Morgan fingerprint density at radius 1 is 0.897 bits per heavy atom. The zero-order valence-electron chi connectivity index (χ0n) is 18.2. The van der Waals surface area contributed by atoms with Crippen LogP contribution in [0.2, 0.25) is 0 Å². The van der Waals surface area contributed by atoms with Crippen molar-refractivity contribution in [1.29, 1.82) is 0 Å². The lowest BCUT2D eigenvalue weighted by molar-refractivity contribution is -0.255. The minimum absolute atomic E-state index is 0.181. The van der Waals surface area contributed by atoms with E-state index in [0.29, 0.717) is 19.8 Å². The normalized spacial score (nSPS) is 28.2. The lowest BCUT2D eigenvalue weighted by atomic mass is 9.94. The molecule has 1 fully saturated rings. The number of methoxy groups -OCH3 is 1. The molecule has 9 heteroatoms. The Bertz CT molecular complexity index is 475. The number of unbranched alkanes of at least 4 members (excludes halogenated alkanes) is 3. The van der Waals surface area contributed by atoms with Crippen LogP contribution >= 0.6 is 0 Å². The van der Waals surface area contributed by atoms with Crippen molar-refractivity contribution in [3.8, 4) is 0 Å². The topological polar surface area (TPSA) is 101 Å². The van der Waals surface area contributed by atoms with Crippen LogP contribution in [-0.2, 0) is 39.6 Å². The minimum Gasteiger partial charge on any atom is -0.467 e. The van der Waals surface area contributed by atoms with Crippen LogP contribution < -0.4 is 0 Å². The van der Waals surface area contributed by atoms with Gasteiger partial charge in [-0.1, -0.05) is 40.0 Å². The Labute approximate surface area is 177 Å². The van der Waals surface area contributed by atoms with Crippen LogP contribution in [0.4, 0.5) is 0 Å². The van der Waals surface area contributed by atoms with E-state index in [1.54, 1.807) is 0 Å². The highest BCUT2D eigenvalue weighted by molar-refractivity contribution is 7.79. The van der Waals surface area contributed by atoms with Crippen molar-refractivity contribution >= 4 is 17.0 Å². The third kappa shape index (κ3) is 8.98. The Kier molecular flexibility index (Phi) is 13.9. The number of hydrogen-bond donors (Lipinski definition) is 1. The number of rotatable bonds is 15. The van der Waals surface area contributed by atoms with Crippen molar-refractivity contribution in [3.05, 3.63) is 0 Å². The van der Waals surface area contributed by atoms with E-state index in [0.717, 1.165) is 38.5 Å². The van der Waals surface area contributed by atoms with Gasteiger partial charge in [0.15, 0.2) is 17.2 Å². The summed E-state index contributed by atoms with van der Waals surface area (Å²) in [6.07, 6.45) is 1.64.